The van der Waals surface area contributed by atoms with Gasteiger partial charge < -0.3 is 15.7 Å². The molecule has 2 rings (SSSR count). The third kappa shape index (κ3) is 2.01. The first kappa shape index (κ1) is 11.3. The van der Waals surface area contributed by atoms with Crippen LogP contribution in [-0.4, -0.2) is 33.9 Å². The first-order chi connectivity index (χ1) is 8.13. The summed E-state index contributed by atoms with van der Waals surface area (Å²) in [5, 5.41) is 21.9. The molecule has 3 N–H and O–H groups in total. The Morgan fingerprint density at radius 1 is 1.53 bits per heavy atom. The molecule has 90 valence electrons. The quantitative estimate of drug-likeness (QED) is 0.764. The zero-order valence-corrected chi connectivity index (χ0v) is 9.26. The van der Waals surface area contributed by atoms with Crippen molar-refractivity contribution in [2.45, 2.75) is 19.4 Å². The van der Waals surface area contributed by atoms with Crippen LogP contribution in [0.2, 0.25) is 0 Å². The van der Waals surface area contributed by atoms with Gasteiger partial charge in [0, 0.05) is 13.1 Å². The Morgan fingerprint density at radius 3 is 2.71 bits per heavy atom. The highest BCUT2D eigenvalue weighted by Gasteiger charge is 2.23. The fourth-order valence-corrected chi connectivity index (χ4v) is 1.97. The van der Waals surface area contributed by atoms with E-state index in [1.165, 1.54) is 0 Å². The number of nitriles is 1. The van der Waals surface area contributed by atoms with Crippen LogP contribution in [0.3, 0.4) is 0 Å². The topological polar surface area (TPSA) is 108 Å². The maximum Gasteiger partial charge on any atom is 0.325 e. The summed E-state index contributed by atoms with van der Waals surface area (Å²) in [7, 11) is 0. The number of hydrogen-bond donors (Lipinski definition) is 2. The van der Waals surface area contributed by atoms with Gasteiger partial charge in [0.2, 0.25) is 0 Å². The average molecular weight is 235 g/mol. The second-order valence-corrected chi connectivity index (χ2v) is 3.94. The van der Waals surface area contributed by atoms with Gasteiger partial charge in [0.15, 0.2) is 5.82 Å². The van der Waals surface area contributed by atoms with E-state index in [0.717, 1.165) is 30.6 Å². The largest absolute Gasteiger partial charge is 0.480 e. The van der Waals surface area contributed by atoms with Crippen LogP contribution in [0.25, 0.3) is 0 Å². The number of aliphatic carboxylic acids is 1. The maximum absolute atomic E-state index is 10.6. The van der Waals surface area contributed by atoms with Crippen LogP contribution in [0, 0.1) is 11.3 Å². The first-order valence-corrected chi connectivity index (χ1v) is 5.36. The highest BCUT2D eigenvalue weighted by atomic mass is 16.4. The molecule has 0 radical (unpaired) electrons. The molecule has 1 saturated heterocycles. The molecule has 1 aliphatic heterocycles. The van der Waals surface area contributed by atoms with Gasteiger partial charge in [-0.15, -0.1) is 0 Å². The van der Waals surface area contributed by atoms with E-state index in [1.54, 1.807) is 0 Å². The van der Waals surface area contributed by atoms with Crippen molar-refractivity contribution in [3.8, 4) is 6.07 Å². The number of nitrogens with zero attached hydrogens (tertiary/aromatic N) is 4. The van der Waals surface area contributed by atoms with Crippen LogP contribution >= 0.6 is 0 Å². The molecule has 0 aromatic carbocycles. The minimum atomic E-state index is -1.03. The molecule has 2 heterocycles. The average Bonchev–Trinajstić information content (AvgIpc) is 2.87. The molecule has 0 spiro atoms. The summed E-state index contributed by atoms with van der Waals surface area (Å²) in [5.74, 6) is -0.405. The molecule has 1 aromatic heterocycles. The minimum Gasteiger partial charge on any atom is -0.480 e. The van der Waals surface area contributed by atoms with Crippen molar-refractivity contribution in [2.24, 2.45) is 0 Å². The van der Waals surface area contributed by atoms with Crippen molar-refractivity contribution in [2.75, 3.05) is 23.7 Å². The van der Waals surface area contributed by atoms with Gasteiger partial charge >= 0.3 is 5.97 Å². The predicted octanol–water partition coefficient (Wildman–Crippen LogP) is 0.0218. The Hall–Kier alpha value is -2.23. The highest BCUT2D eigenvalue weighted by Crippen LogP contribution is 2.27. The monoisotopic (exact) mass is 235 g/mol. The number of anilines is 2. The molecule has 1 aliphatic rings. The molecule has 0 aliphatic carbocycles. The summed E-state index contributed by atoms with van der Waals surface area (Å²) in [6, 6.07) is 1.99. The van der Waals surface area contributed by atoms with Crippen LogP contribution in [-0.2, 0) is 11.3 Å². The lowest BCUT2D eigenvalue weighted by Gasteiger charge is -2.13. The fraction of sp³-hybridized carbons (Fsp3) is 0.500. The molecule has 17 heavy (non-hydrogen) atoms. The maximum atomic E-state index is 10.6. The lowest BCUT2D eigenvalue weighted by Crippen LogP contribution is -2.19. The second-order valence-electron chi connectivity index (χ2n) is 3.94. The van der Waals surface area contributed by atoms with Gasteiger partial charge in [-0.1, -0.05) is 0 Å². The van der Waals surface area contributed by atoms with Crippen LogP contribution in [0.4, 0.5) is 11.6 Å². The Balaban J connectivity index is 2.38. The van der Waals surface area contributed by atoms with E-state index in [1.807, 2.05) is 11.0 Å². The lowest BCUT2D eigenvalue weighted by atomic mass is 10.3. The third-order valence-corrected chi connectivity index (χ3v) is 2.78. The standard InChI is InChI=1S/C10H13N5O2/c11-5-7-9(12)15(6-8(16)17)13-10(7)14-3-1-2-4-14/h1-4,6,12H2,(H,16,17). The van der Waals surface area contributed by atoms with E-state index in [0.29, 0.717) is 5.82 Å². The van der Waals surface area contributed by atoms with Crippen molar-refractivity contribution in [1.29, 1.82) is 5.26 Å². The summed E-state index contributed by atoms with van der Waals surface area (Å²) < 4.78 is 1.16. The SMILES string of the molecule is N#Cc1c(N2CCCC2)nn(CC(=O)O)c1N. The molecule has 0 saturated carbocycles. The Labute approximate surface area is 98.0 Å². The number of hydrogen-bond acceptors (Lipinski definition) is 5. The predicted molar refractivity (Wildman–Crippen MR) is 60.4 cm³/mol. The second kappa shape index (κ2) is 4.33. The van der Waals surface area contributed by atoms with Crippen LogP contribution in [0.1, 0.15) is 18.4 Å². The molecule has 0 amide bonds. The van der Waals surface area contributed by atoms with Gasteiger partial charge in [-0.3, -0.25) is 4.79 Å². The third-order valence-electron chi connectivity index (χ3n) is 2.78. The van der Waals surface area contributed by atoms with Gasteiger partial charge in [-0.05, 0) is 12.8 Å². The number of nitrogen functional groups attached to an aromatic ring is 1. The van der Waals surface area contributed by atoms with Gasteiger partial charge in [0.1, 0.15) is 24.0 Å². The summed E-state index contributed by atoms with van der Waals surface area (Å²) in [4.78, 5) is 12.6. The molecule has 7 nitrogen and oxygen atoms in total. The number of rotatable bonds is 3. The molecular weight excluding hydrogens is 222 g/mol. The molecule has 7 heteroatoms. The van der Waals surface area contributed by atoms with E-state index in [2.05, 4.69) is 5.10 Å². The summed E-state index contributed by atoms with van der Waals surface area (Å²) in [6.07, 6.45) is 2.10. The van der Waals surface area contributed by atoms with E-state index in [4.69, 9.17) is 16.1 Å². The van der Waals surface area contributed by atoms with Crippen molar-refractivity contribution in [3.05, 3.63) is 5.56 Å². The summed E-state index contributed by atoms with van der Waals surface area (Å²) in [6.45, 7) is 1.34. The Bertz CT molecular complexity index is 482. The zero-order chi connectivity index (χ0) is 12.4. The summed E-state index contributed by atoms with van der Waals surface area (Å²) >= 11 is 0. The molecule has 0 atom stereocenters. The Kier molecular flexibility index (Phi) is 2.87. The van der Waals surface area contributed by atoms with E-state index in [9.17, 15) is 4.79 Å². The van der Waals surface area contributed by atoms with E-state index in [-0.39, 0.29) is 17.9 Å². The van der Waals surface area contributed by atoms with Crippen molar-refractivity contribution < 1.29 is 9.90 Å². The normalized spacial score (nSPS) is 14.9. The number of carbonyl (C=O) groups is 1. The molecular formula is C10H13N5O2. The fourth-order valence-electron chi connectivity index (χ4n) is 1.97. The van der Waals surface area contributed by atoms with Gasteiger partial charge in [-0.2, -0.15) is 10.4 Å². The van der Waals surface area contributed by atoms with Crippen LogP contribution in [0.5, 0.6) is 0 Å². The smallest absolute Gasteiger partial charge is 0.325 e. The van der Waals surface area contributed by atoms with Crippen LogP contribution < -0.4 is 10.6 Å². The number of aromatic nitrogens is 2. The molecule has 1 fully saturated rings. The van der Waals surface area contributed by atoms with Gasteiger partial charge in [0.05, 0.1) is 0 Å². The number of nitrogens with two attached hydrogens (primary N) is 1. The Morgan fingerprint density at radius 2 is 2.18 bits per heavy atom. The van der Waals surface area contributed by atoms with Crippen molar-refractivity contribution >= 4 is 17.6 Å². The van der Waals surface area contributed by atoms with Crippen LogP contribution in [0.15, 0.2) is 0 Å². The van der Waals surface area contributed by atoms with Crippen molar-refractivity contribution in [1.82, 2.24) is 9.78 Å². The lowest BCUT2D eigenvalue weighted by molar-refractivity contribution is -0.137. The number of carboxylic acids is 1. The highest BCUT2D eigenvalue weighted by molar-refractivity contribution is 5.70. The van der Waals surface area contributed by atoms with Gasteiger partial charge in [-0.25, -0.2) is 4.68 Å². The number of carboxylic acid groups (broad SMARTS) is 1. The van der Waals surface area contributed by atoms with E-state index < -0.39 is 5.97 Å². The van der Waals surface area contributed by atoms with Crippen molar-refractivity contribution in [3.63, 3.8) is 0 Å². The molecule has 0 unspecified atom stereocenters. The van der Waals surface area contributed by atoms with E-state index >= 15 is 0 Å². The molecule has 0 bridgehead atoms. The summed E-state index contributed by atoms with van der Waals surface area (Å²) in [5.41, 5.74) is 5.99. The minimum absolute atomic E-state index is 0.122. The first-order valence-electron chi connectivity index (χ1n) is 5.36. The molecule has 1 aromatic rings. The van der Waals surface area contributed by atoms with Gasteiger partial charge in [0.25, 0.3) is 0 Å². The zero-order valence-electron chi connectivity index (χ0n) is 9.26.